The molecule has 1 heterocycles. The van der Waals surface area contributed by atoms with Gasteiger partial charge in [-0.2, -0.15) is 0 Å². The quantitative estimate of drug-likeness (QED) is 0.0648. The maximum Gasteiger partial charge on any atom is 0.308 e. The zero-order valence-electron chi connectivity index (χ0n) is 30.9. The molecule has 2 aromatic rings. The van der Waals surface area contributed by atoms with Crippen molar-refractivity contribution < 1.29 is 33.5 Å². The monoisotopic (exact) mass is 723 g/mol. The maximum atomic E-state index is 13.5. The Balaban J connectivity index is 1.69. The van der Waals surface area contributed by atoms with Gasteiger partial charge in [0.05, 0.1) is 18.5 Å². The minimum atomic E-state index is -1.44. The number of ether oxygens (including phenoxy) is 1. The Morgan fingerprint density at radius 3 is 2.21 bits per heavy atom. The molecule has 5 atom stereocenters. The number of fused-ring (bicyclic) bond motifs is 1. The van der Waals surface area contributed by atoms with Crippen molar-refractivity contribution in [3.63, 3.8) is 0 Å². The molecule has 7 N–H and O–H groups in total. The second-order valence-corrected chi connectivity index (χ2v) is 14.8. The van der Waals surface area contributed by atoms with Crippen molar-refractivity contribution in [2.75, 3.05) is 0 Å². The number of hydrogen-bond donors (Lipinski definition) is 6. The number of azide groups is 1. The Labute approximate surface area is 303 Å². The first kappa shape index (κ1) is 41.5. The van der Waals surface area contributed by atoms with E-state index in [1.54, 1.807) is 40.8 Å². The number of hydrogen-bond acceptors (Lipinski definition) is 8. The molecule has 0 radical (unpaired) electrons. The molecular weight excluding hydrogens is 670 g/mol. The van der Waals surface area contributed by atoms with Gasteiger partial charge in [0.2, 0.25) is 29.5 Å². The van der Waals surface area contributed by atoms with Crippen LogP contribution in [0.4, 0.5) is 0 Å². The Kier molecular flexibility index (Phi) is 15.2. The summed E-state index contributed by atoms with van der Waals surface area (Å²) >= 11 is 0. The molecule has 52 heavy (non-hydrogen) atoms. The second kappa shape index (κ2) is 19.0. The first-order chi connectivity index (χ1) is 24.5. The summed E-state index contributed by atoms with van der Waals surface area (Å²) in [6.07, 6.45) is 6.57. The fourth-order valence-electron chi connectivity index (χ4n) is 6.21. The number of nitrogens with zero attached hydrogens (tertiary/aromatic N) is 3. The summed E-state index contributed by atoms with van der Waals surface area (Å²) in [7, 11) is 0. The van der Waals surface area contributed by atoms with Crippen LogP contribution >= 0.6 is 0 Å². The van der Waals surface area contributed by atoms with Crippen molar-refractivity contribution in [3.05, 3.63) is 46.5 Å². The lowest BCUT2D eigenvalue weighted by molar-refractivity contribution is -0.156. The van der Waals surface area contributed by atoms with E-state index in [1.165, 1.54) is 6.92 Å². The molecule has 16 heteroatoms. The maximum absolute atomic E-state index is 13.5. The predicted octanol–water partition coefficient (Wildman–Crippen LogP) is 3.19. The molecule has 0 saturated heterocycles. The largest absolute Gasteiger partial charge is 0.460 e. The fraction of sp³-hybridized carbons (Fsp3) is 0.611. The number of esters is 1. The van der Waals surface area contributed by atoms with E-state index in [4.69, 9.17) is 16.0 Å². The molecule has 0 aliphatic heterocycles. The van der Waals surface area contributed by atoms with Crippen molar-refractivity contribution >= 4 is 46.4 Å². The summed E-state index contributed by atoms with van der Waals surface area (Å²) in [6.45, 7) is 9.77. The molecule has 1 fully saturated rings. The van der Waals surface area contributed by atoms with Gasteiger partial charge in [-0.15, -0.1) is 0 Å². The number of carbonyl (C=O) groups is 6. The van der Waals surface area contributed by atoms with Gasteiger partial charge in [0.15, 0.2) is 0 Å². The molecule has 0 spiro atoms. The second-order valence-electron chi connectivity index (χ2n) is 14.8. The Morgan fingerprint density at radius 2 is 1.58 bits per heavy atom. The van der Waals surface area contributed by atoms with Gasteiger partial charge >= 0.3 is 5.97 Å². The summed E-state index contributed by atoms with van der Waals surface area (Å²) in [6, 6.07) is 1.61. The van der Waals surface area contributed by atoms with Crippen LogP contribution in [-0.2, 0) is 39.9 Å². The number of nitrogens with two attached hydrogens (primary N) is 1. The Morgan fingerprint density at radius 1 is 0.923 bits per heavy atom. The lowest BCUT2D eigenvalue weighted by Crippen LogP contribution is -2.59. The number of rotatable bonds is 16. The third-order valence-corrected chi connectivity index (χ3v) is 8.93. The van der Waals surface area contributed by atoms with Crippen molar-refractivity contribution in [1.82, 2.24) is 26.3 Å². The van der Waals surface area contributed by atoms with Crippen molar-refractivity contribution in [1.29, 1.82) is 0 Å². The van der Waals surface area contributed by atoms with Gasteiger partial charge in [0, 0.05) is 22.0 Å². The van der Waals surface area contributed by atoms with Gasteiger partial charge in [0.25, 0.3) is 0 Å². The number of para-hydroxylation sites is 1. The minimum absolute atomic E-state index is 0.143. The molecule has 1 saturated carbocycles. The van der Waals surface area contributed by atoms with Crippen molar-refractivity contribution in [2.45, 2.75) is 129 Å². The van der Waals surface area contributed by atoms with Crippen LogP contribution in [0.15, 0.2) is 35.6 Å². The molecule has 1 aliphatic rings. The van der Waals surface area contributed by atoms with E-state index in [1.807, 2.05) is 24.3 Å². The summed E-state index contributed by atoms with van der Waals surface area (Å²) < 4.78 is 5.38. The lowest BCUT2D eigenvalue weighted by Gasteiger charge is -2.29. The SMILES string of the molecule is CC(C)[C@@H](NC(=O)[C@H](C)NC(=O)[C@@H](CC(=O)OC(C)(C)C)NC(=O)[C@H](N)Cc1c[nH]c2ccccc12)C(=O)N[C@@H](CC1CCCCC1)C(=O)N=[N+]=[N-]. The van der Waals surface area contributed by atoms with Crippen molar-refractivity contribution in [2.24, 2.45) is 22.7 Å². The van der Waals surface area contributed by atoms with Crippen molar-refractivity contribution in [3.8, 4) is 0 Å². The van der Waals surface area contributed by atoms with Gasteiger partial charge in [-0.3, -0.25) is 28.8 Å². The normalized spacial score (nSPS) is 16.4. The molecule has 1 aliphatic carbocycles. The van der Waals surface area contributed by atoms with E-state index in [9.17, 15) is 28.8 Å². The smallest absolute Gasteiger partial charge is 0.308 e. The van der Waals surface area contributed by atoms with Crippen LogP contribution in [0.3, 0.4) is 0 Å². The minimum Gasteiger partial charge on any atom is -0.460 e. The average molecular weight is 724 g/mol. The fourth-order valence-corrected chi connectivity index (χ4v) is 6.21. The van der Waals surface area contributed by atoms with Gasteiger partial charge in [-0.05, 0) is 74.6 Å². The summed E-state index contributed by atoms with van der Waals surface area (Å²) in [5.74, 6) is -4.75. The number of H-pyrrole nitrogens is 1. The molecule has 1 aromatic carbocycles. The van der Waals surface area contributed by atoms with E-state index < -0.39 is 83.7 Å². The Bertz CT molecular complexity index is 1640. The zero-order chi connectivity index (χ0) is 38.6. The average Bonchev–Trinajstić information content (AvgIpc) is 3.48. The third-order valence-electron chi connectivity index (χ3n) is 8.93. The molecule has 1 aromatic heterocycles. The summed E-state index contributed by atoms with van der Waals surface area (Å²) in [4.78, 5) is 84.7. The molecule has 0 bridgehead atoms. The zero-order valence-corrected chi connectivity index (χ0v) is 30.9. The standard InChI is InChI=1S/C36H53N9O7/c1-20(2)30(35(51)42-27(34(50)44-45-38)16-22-12-8-7-9-13-22)43-31(47)21(3)40-33(49)28(18-29(46)52-36(4,5)6)41-32(48)25(37)17-23-19-39-26-15-11-10-14-24(23)26/h10-11,14-15,19-22,25,27-28,30,39H,7-9,12-13,16-18,37H2,1-6H3,(H,40,49)(H,41,48)(H,42,51)(H,43,47)/t21-,25+,27-,28+,30+/m0/s1. The molecule has 16 nitrogen and oxygen atoms in total. The third kappa shape index (κ3) is 12.7. The molecule has 5 amide bonds. The molecule has 0 unspecified atom stereocenters. The van der Waals surface area contributed by atoms with Gasteiger partial charge in [-0.25, -0.2) is 0 Å². The van der Waals surface area contributed by atoms with Crippen LogP contribution in [0.25, 0.3) is 21.3 Å². The Hall–Kier alpha value is -4.95. The highest BCUT2D eigenvalue weighted by Gasteiger charge is 2.34. The van der Waals surface area contributed by atoms with Crippen LogP contribution in [0, 0.1) is 11.8 Å². The number of benzene rings is 1. The predicted molar refractivity (Wildman–Crippen MR) is 194 cm³/mol. The number of aromatic nitrogens is 1. The molecule has 3 rings (SSSR count). The number of carbonyl (C=O) groups excluding carboxylic acids is 6. The van der Waals surface area contributed by atoms with E-state index in [2.05, 4.69) is 36.3 Å². The van der Waals surface area contributed by atoms with Crippen LogP contribution in [0.5, 0.6) is 0 Å². The summed E-state index contributed by atoms with van der Waals surface area (Å²) in [5, 5.41) is 14.4. The number of amides is 5. The van der Waals surface area contributed by atoms with Crippen LogP contribution < -0.4 is 27.0 Å². The van der Waals surface area contributed by atoms with E-state index in [-0.39, 0.29) is 12.3 Å². The van der Waals surface area contributed by atoms with Gasteiger partial charge in [-0.1, -0.05) is 64.2 Å². The summed E-state index contributed by atoms with van der Waals surface area (Å²) in [5.41, 5.74) is 15.9. The molecule has 284 valence electrons. The van der Waals surface area contributed by atoms with Crippen LogP contribution in [-0.4, -0.2) is 76.3 Å². The van der Waals surface area contributed by atoms with Gasteiger partial charge in [0.1, 0.15) is 23.7 Å². The van der Waals surface area contributed by atoms with Crippen LogP contribution in [0.1, 0.15) is 92.1 Å². The van der Waals surface area contributed by atoms with Crippen LogP contribution in [0.2, 0.25) is 0 Å². The molecular formula is C36H53N9O7. The van der Waals surface area contributed by atoms with E-state index >= 15 is 0 Å². The van der Waals surface area contributed by atoms with E-state index in [0.29, 0.717) is 6.42 Å². The number of nitrogens with one attached hydrogen (secondary N) is 5. The highest BCUT2D eigenvalue weighted by atomic mass is 16.6. The lowest BCUT2D eigenvalue weighted by atomic mass is 9.84. The first-order valence-corrected chi connectivity index (χ1v) is 17.8. The highest BCUT2D eigenvalue weighted by molar-refractivity contribution is 5.97. The topological polar surface area (TPSA) is 250 Å². The number of aromatic amines is 1. The highest BCUT2D eigenvalue weighted by Crippen LogP contribution is 2.28. The van der Waals surface area contributed by atoms with Gasteiger partial charge < -0.3 is 36.7 Å². The first-order valence-electron chi connectivity index (χ1n) is 17.8. The van der Waals surface area contributed by atoms with E-state index in [0.717, 1.165) is 48.6 Å².